The molecule has 2 aromatic carbocycles. The molecule has 0 aliphatic carbocycles. The summed E-state index contributed by atoms with van der Waals surface area (Å²) in [4.78, 5) is 14.2. The fourth-order valence-electron chi connectivity index (χ4n) is 3.12. The Bertz CT molecular complexity index is 1250. The molecule has 0 fully saturated rings. The van der Waals surface area contributed by atoms with Crippen LogP contribution in [0.3, 0.4) is 0 Å². The summed E-state index contributed by atoms with van der Waals surface area (Å²) < 4.78 is 21.2. The van der Waals surface area contributed by atoms with Crippen LogP contribution in [0.5, 0.6) is 5.75 Å². The van der Waals surface area contributed by atoms with E-state index in [4.69, 9.17) is 16.3 Å². The molecule has 29 heavy (non-hydrogen) atoms. The van der Waals surface area contributed by atoms with Crippen molar-refractivity contribution in [2.75, 3.05) is 12.4 Å². The number of ether oxygens (including phenoxy) is 1. The first-order valence-electron chi connectivity index (χ1n) is 8.76. The van der Waals surface area contributed by atoms with Crippen LogP contribution in [0.4, 0.5) is 10.1 Å². The Hall–Kier alpha value is -2.90. The molecule has 0 unspecified atom stereocenters. The number of halogens is 2. The molecule has 0 aliphatic heterocycles. The summed E-state index contributed by atoms with van der Waals surface area (Å²) in [6.07, 6.45) is 0. The van der Waals surface area contributed by atoms with Crippen molar-refractivity contribution in [1.82, 2.24) is 9.78 Å². The third-order valence-corrected chi connectivity index (χ3v) is 6.20. The van der Waals surface area contributed by atoms with E-state index < -0.39 is 0 Å². The Balaban J connectivity index is 1.73. The number of nitrogens with one attached hydrogen (secondary N) is 1. The van der Waals surface area contributed by atoms with Crippen molar-refractivity contribution in [3.05, 3.63) is 63.7 Å². The number of thiophene rings is 1. The number of carbonyl (C=O) groups excluding carboxylic acids is 1. The van der Waals surface area contributed by atoms with Crippen LogP contribution in [0.2, 0.25) is 5.02 Å². The quantitative estimate of drug-likeness (QED) is 0.455. The summed E-state index contributed by atoms with van der Waals surface area (Å²) in [6.45, 7) is 1.85. The highest BCUT2D eigenvalue weighted by molar-refractivity contribution is 7.20. The van der Waals surface area contributed by atoms with Gasteiger partial charge in [-0.15, -0.1) is 11.3 Å². The number of benzene rings is 2. The first kappa shape index (κ1) is 19.4. The molecule has 148 valence electrons. The lowest BCUT2D eigenvalue weighted by Crippen LogP contribution is -2.11. The van der Waals surface area contributed by atoms with Gasteiger partial charge < -0.3 is 10.1 Å². The highest BCUT2D eigenvalue weighted by Crippen LogP contribution is 2.36. The van der Waals surface area contributed by atoms with Gasteiger partial charge in [0, 0.05) is 29.1 Å². The van der Waals surface area contributed by atoms with Gasteiger partial charge in [-0.1, -0.05) is 23.7 Å². The number of hydrogen-bond donors (Lipinski definition) is 1. The second-order valence-electron chi connectivity index (χ2n) is 6.54. The summed E-state index contributed by atoms with van der Waals surface area (Å²) in [6, 6.07) is 11.6. The average molecular weight is 430 g/mol. The lowest BCUT2D eigenvalue weighted by Gasteiger charge is -2.11. The van der Waals surface area contributed by atoms with Crippen LogP contribution >= 0.6 is 22.9 Å². The lowest BCUT2D eigenvalue weighted by molar-refractivity contribution is 0.103. The number of anilines is 1. The van der Waals surface area contributed by atoms with Crippen molar-refractivity contribution in [2.24, 2.45) is 7.05 Å². The number of carbonyl (C=O) groups is 1. The van der Waals surface area contributed by atoms with Gasteiger partial charge in [-0.25, -0.2) is 4.39 Å². The molecule has 5 nitrogen and oxygen atoms in total. The van der Waals surface area contributed by atoms with Gasteiger partial charge in [0.05, 0.1) is 17.7 Å². The van der Waals surface area contributed by atoms with Gasteiger partial charge in [-0.3, -0.25) is 9.48 Å². The minimum Gasteiger partial charge on any atom is -0.495 e. The van der Waals surface area contributed by atoms with E-state index in [2.05, 4.69) is 10.4 Å². The van der Waals surface area contributed by atoms with E-state index in [0.717, 1.165) is 15.8 Å². The Morgan fingerprint density at radius 1 is 1.28 bits per heavy atom. The lowest BCUT2D eigenvalue weighted by atomic mass is 10.1. The molecule has 4 rings (SSSR count). The third-order valence-electron chi connectivity index (χ3n) is 4.59. The first-order valence-corrected chi connectivity index (χ1v) is 9.95. The Morgan fingerprint density at radius 2 is 2.03 bits per heavy atom. The normalized spacial score (nSPS) is 11.1. The van der Waals surface area contributed by atoms with Crippen molar-refractivity contribution in [2.45, 2.75) is 6.92 Å². The zero-order valence-electron chi connectivity index (χ0n) is 15.9. The van der Waals surface area contributed by atoms with Crippen molar-refractivity contribution in [3.8, 4) is 17.0 Å². The maximum Gasteiger partial charge on any atom is 0.265 e. The molecule has 0 bridgehead atoms. The Morgan fingerprint density at radius 3 is 2.76 bits per heavy atom. The molecule has 0 atom stereocenters. The molecule has 4 aromatic rings. The van der Waals surface area contributed by atoms with Gasteiger partial charge in [-0.2, -0.15) is 5.10 Å². The zero-order chi connectivity index (χ0) is 20.7. The first-order chi connectivity index (χ1) is 13.9. The van der Waals surface area contributed by atoms with E-state index in [9.17, 15) is 9.18 Å². The molecule has 0 radical (unpaired) electrons. The summed E-state index contributed by atoms with van der Waals surface area (Å²) in [7, 11) is 3.29. The van der Waals surface area contributed by atoms with Crippen molar-refractivity contribution in [3.63, 3.8) is 0 Å². The summed E-state index contributed by atoms with van der Waals surface area (Å²) in [5.74, 6) is -0.166. The van der Waals surface area contributed by atoms with Gasteiger partial charge in [-0.05, 0) is 36.8 Å². The topological polar surface area (TPSA) is 56.1 Å². The van der Waals surface area contributed by atoms with Gasteiger partial charge in [0.1, 0.15) is 22.1 Å². The number of fused-ring (bicyclic) bond motifs is 1. The predicted molar refractivity (Wildman–Crippen MR) is 115 cm³/mol. The van der Waals surface area contributed by atoms with Crippen LogP contribution in [0.1, 0.15) is 15.2 Å². The molecule has 8 heteroatoms. The number of amides is 1. The van der Waals surface area contributed by atoms with E-state index in [1.807, 2.05) is 6.92 Å². The van der Waals surface area contributed by atoms with Crippen LogP contribution in [0, 0.1) is 12.7 Å². The van der Waals surface area contributed by atoms with E-state index in [0.29, 0.717) is 32.6 Å². The highest BCUT2D eigenvalue weighted by Gasteiger charge is 2.20. The molecule has 2 aromatic heterocycles. The largest absolute Gasteiger partial charge is 0.495 e. The number of methoxy groups -OCH3 is 1. The molecule has 0 aliphatic rings. The number of nitrogens with zero attached hydrogens (tertiary/aromatic N) is 2. The molecular weight excluding hydrogens is 413 g/mol. The molecular formula is C21H17ClFN3O2S. The highest BCUT2D eigenvalue weighted by atomic mass is 35.5. The summed E-state index contributed by atoms with van der Waals surface area (Å²) in [5.41, 5.74) is 2.27. The van der Waals surface area contributed by atoms with Crippen LogP contribution in [-0.2, 0) is 7.05 Å². The van der Waals surface area contributed by atoms with Gasteiger partial charge in [0.2, 0.25) is 0 Å². The monoisotopic (exact) mass is 429 g/mol. The van der Waals surface area contributed by atoms with Crippen LogP contribution in [0.15, 0.2) is 42.5 Å². The molecule has 1 N–H and O–H groups in total. The predicted octanol–water partition coefficient (Wildman–Crippen LogP) is 5.66. The van der Waals surface area contributed by atoms with Crippen molar-refractivity contribution >= 4 is 44.7 Å². The number of aromatic nitrogens is 2. The van der Waals surface area contributed by atoms with E-state index in [1.165, 1.54) is 24.5 Å². The number of aryl methyl sites for hydroxylation is 2. The fourth-order valence-corrected chi connectivity index (χ4v) is 4.24. The Kier molecular flexibility index (Phi) is 5.02. The molecule has 0 spiro atoms. The van der Waals surface area contributed by atoms with Gasteiger partial charge in [0.15, 0.2) is 0 Å². The van der Waals surface area contributed by atoms with Crippen LogP contribution in [-0.4, -0.2) is 22.8 Å². The zero-order valence-corrected chi connectivity index (χ0v) is 17.5. The number of rotatable bonds is 4. The molecule has 1 amide bonds. The second-order valence-corrected chi connectivity index (χ2v) is 7.98. The van der Waals surface area contributed by atoms with E-state index >= 15 is 0 Å². The van der Waals surface area contributed by atoms with Crippen LogP contribution in [0.25, 0.3) is 21.5 Å². The van der Waals surface area contributed by atoms with Gasteiger partial charge >= 0.3 is 0 Å². The maximum absolute atomic E-state index is 14.3. The van der Waals surface area contributed by atoms with Crippen molar-refractivity contribution in [1.29, 1.82) is 0 Å². The molecule has 2 heterocycles. The molecule has 0 saturated heterocycles. The van der Waals surface area contributed by atoms with E-state index in [-0.39, 0.29) is 11.7 Å². The second kappa shape index (κ2) is 7.50. The van der Waals surface area contributed by atoms with Gasteiger partial charge in [0.25, 0.3) is 5.91 Å². The Labute approximate surface area is 175 Å². The fraction of sp³-hybridized carbons (Fsp3) is 0.143. The van der Waals surface area contributed by atoms with Crippen molar-refractivity contribution < 1.29 is 13.9 Å². The standard InChI is InChI=1S/C21H17ClFN3O2S/c1-11-8-16(17(28-3)10-14(11)22)24-20(27)18-9-13-19(25-26(2)21(13)29-18)12-6-4-5-7-15(12)23/h4-10H,1-3H3,(H,24,27). The number of hydrogen-bond acceptors (Lipinski definition) is 4. The summed E-state index contributed by atoms with van der Waals surface area (Å²) >= 11 is 7.42. The minimum absolute atomic E-state index is 0.286. The molecule has 0 saturated carbocycles. The van der Waals surface area contributed by atoms with Crippen LogP contribution < -0.4 is 10.1 Å². The minimum atomic E-state index is -0.355. The SMILES string of the molecule is COc1cc(Cl)c(C)cc1NC(=O)c1cc2c(-c3ccccc3F)nn(C)c2s1. The maximum atomic E-state index is 14.3. The van der Waals surface area contributed by atoms with E-state index in [1.54, 1.807) is 48.1 Å². The summed E-state index contributed by atoms with van der Waals surface area (Å²) in [5, 5.41) is 8.59. The smallest absolute Gasteiger partial charge is 0.265 e. The average Bonchev–Trinajstić information content (AvgIpc) is 3.26. The third kappa shape index (κ3) is 3.47.